The van der Waals surface area contributed by atoms with Crippen LogP contribution in [-0.2, 0) is 9.53 Å². The van der Waals surface area contributed by atoms with Crippen LogP contribution < -0.4 is 14.8 Å². The lowest BCUT2D eigenvalue weighted by Crippen LogP contribution is -2.45. The Morgan fingerprint density at radius 2 is 1.97 bits per heavy atom. The van der Waals surface area contributed by atoms with E-state index in [0.29, 0.717) is 36.2 Å². The van der Waals surface area contributed by atoms with Gasteiger partial charge in [-0.05, 0) is 58.2 Å². The SMILES string of the molecule is COc1ccc(NC(=O)CN2CCCC(CN(C)C(=O)OC(C)(C)C)C2)c(OC)c1. The number of amides is 2. The van der Waals surface area contributed by atoms with Crippen molar-refractivity contribution in [3.8, 4) is 11.5 Å². The highest BCUT2D eigenvalue weighted by atomic mass is 16.6. The molecule has 1 atom stereocenters. The van der Waals surface area contributed by atoms with Crippen LogP contribution in [0.15, 0.2) is 18.2 Å². The topological polar surface area (TPSA) is 80.3 Å². The van der Waals surface area contributed by atoms with Gasteiger partial charge < -0.3 is 24.4 Å². The largest absolute Gasteiger partial charge is 0.497 e. The van der Waals surface area contributed by atoms with Crippen molar-refractivity contribution in [1.29, 1.82) is 0 Å². The first kappa shape index (κ1) is 23.8. The maximum Gasteiger partial charge on any atom is 0.410 e. The lowest BCUT2D eigenvalue weighted by Gasteiger charge is -2.34. The zero-order valence-corrected chi connectivity index (χ0v) is 19.0. The van der Waals surface area contributed by atoms with Crippen LogP contribution in [0.2, 0.25) is 0 Å². The molecule has 1 heterocycles. The number of benzene rings is 1. The van der Waals surface area contributed by atoms with Crippen LogP contribution in [0.1, 0.15) is 33.6 Å². The number of nitrogens with zero attached hydrogens (tertiary/aromatic N) is 2. The molecular weight excluding hydrogens is 386 g/mol. The number of rotatable bonds is 7. The minimum absolute atomic E-state index is 0.0976. The second kappa shape index (κ2) is 10.5. The summed E-state index contributed by atoms with van der Waals surface area (Å²) in [4.78, 5) is 28.5. The van der Waals surface area contributed by atoms with Gasteiger partial charge in [-0.1, -0.05) is 0 Å². The summed E-state index contributed by atoms with van der Waals surface area (Å²) in [5.41, 5.74) is 0.103. The minimum atomic E-state index is -0.509. The number of carbonyl (C=O) groups is 2. The molecule has 0 saturated carbocycles. The van der Waals surface area contributed by atoms with Crippen LogP contribution in [0.4, 0.5) is 10.5 Å². The van der Waals surface area contributed by atoms with Gasteiger partial charge in [0.1, 0.15) is 17.1 Å². The third-order valence-electron chi connectivity index (χ3n) is 4.89. The molecule has 1 fully saturated rings. The van der Waals surface area contributed by atoms with Gasteiger partial charge in [0.2, 0.25) is 5.91 Å². The van der Waals surface area contributed by atoms with Crippen molar-refractivity contribution in [2.45, 2.75) is 39.2 Å². The van der Waals surface area contributed by atoms with Crippen molar-refractivity contribution in [1.82, 2.24) is 9.80 Å². The second-order valence-electron chi connectivity index (χ2n) is 8.72. The summed E-state index contributed by atoms with van der Waals surface area (Å²) in [5.74, 6) is 1.43. The number of methoxy groups -OCH3 is 2. The predicted octanol–water partition coefficient (Wildman–Crippen LogP) is 3.22. The van der Waals surface area contributed by atoms with Crippen LogP contribution in [0.5, 0.6) is 11.5 Å². The van der Waals surface area contributed by atoms with Crippen molar-refractivity contribution in [3.05, 3.63) is 18.2 Å². The number of ether oxygens (including phenoxy) is 3. The first-order chi connectivity index (χ1) is 14.1. The zero-order valence-electron chi connectivity index (χ0n) is 19.0. The van der Waals surface area contributed by atoms with E-state index in [1.165, 1.54) is 0 Å². The van der Waals surface area contributed by atoms with E-state index in [0.717, 1.165) is 25.9 Å². The number of piperidine rings is 1. The van der Waals surface area contributed by atoms with Crippen molar-refractivity contribution >= 4 is 17.7 Å². The molecule has 8 heteroatoms. The van der Waals surface area contributed by atoms with Crippen LogP contribution in [0.3, 0.4) is 0 Å². The van der Waals surface area contributed by atoms with E-state index >= 15 is 0 Å². The zero-order chi connectivity index (χ0) is 22.3. The van der Waals surface area contributed by atoms with Gasteiger partial charge >= 0.3 is 6.09 Å². The van der Waals surface area contributed by atoms with Gasteiger partial charge in [0.25, 0.3) is 0 Å². The van der Waals surface area contributed by atoms with Crippen molar-refractivity contribution in [3.63, 3.8) is 0 Å². The maximum absolute atomic E-state index is 12.6. The Balaban J connectivity index is 1.87. The fourth-order valence-corrected chi connectivity index (χ4v) is 3.54. The highest BCUT2D eigenvalue weighted by Crippen LogP contribution is 2.29. The Morgan fingerprint density at radius 3 is 2.60 bits per heavy atom. The molecule has 30 heavy (non-hydrogen) atoms. The minimum Gasteiger partial charge on any atom is -0.497 e. The molecular formula is C22H35N3O5. The van der Waals surface area contributed by atoms with Crippen LogP contribution >= 0.6 is 0 Å². The molecule has 168 valence electrons. The van der Waals surface area contributed by atoms with E-state index in [-0.39, 0.29) is 12.0 Å². The molecule has 2 rings (SSSR count). The average molecular weight is 422 g/mol. The predicted molar refractivity (Wildman–Crippen MR) is 116 cm³/mol. The molecule has 1 unspecified atom stereocenters. The Hall–Kier alpha value is -2.48. The summed E-state index contributed by atoms with van der Waals surface area (Å²) in [6.45, 7) is 8.10. The summed E-state index contributed by atoms with van der Waals surface area (Å²) in [7, 11) is 4.90. The number of carbonyl (C=O) groups excluding carboxylic acids is 2. The van der Waals surface area contributed by atoms with E-state index in [1.54, 1.807) is 44.4 Å². The fourth-order valence-electron chi connectivity index (χ4n) is 3.54. The Bertz CT molecular complexity index is 732. The standard InChI is InChI=1S/C22H35N3O5/c1-22(2,3)30-21(27)24(4)13-16-8-7-11-25(14-16)15-20(26)23-18-10-9-17(28-5)12-19(18)29-6/h9-10,12,16H,7-8,11,13-15H2,1-6H3,(H,23,26). The van der Waals surface area contributed by atoms with Gasteiger partial charge in [0, 0.05) is 26.2 Å². The maximum atomic E-state index is 12.6. The monoisotopic (exact) mass is 421 g/mol. The summed E-state index contributed by atoms with van der Waals surface area (Å²) >= 11 is 0. The molecule has 0 radical (unpaired) electrons. The Labute approximate surface area is 179 Å². The lowest BCUT2D eigenvalue weighted by atomic mass is 9.97. The van der Waals surface area contributed by atoms with Gasteiger partial charge in [-0.3, -0.25) is 9.69 Å². The summed E-state index contributed by atoms with van der Waals surface area (Å²) in [6, 6.07) is 5.28. The number of nitrogens with one attached hydrogen (secondary N) is 1. The third kappa shape index (κ3) is 7.40. The lowest BCUT2D eigenvalue weighted by molar-refractivity contribution is -0.117. The van der Waals surface area contributed by atoms with Gasteiger partial charge in [-0.15, -0.1) is 0 Å². The van der Waals surface area contributed by atoms with Gasteiger partial charge in [-0.25, -0.2) is 4.79 Å². The van der Waals surface area contributed by atoms with Crippen molar-refractivity contribution in [2.24, 2.45) is 5.92 Å². The summed E-state index contributed by atoms with van der Waals surface area (Å²) < 4.78 is 16.0. The molecule has 1 aliphatic heterocycles. The number of hydrogen-bond acceptors (Lipinski definition) is 6. The summed E-state index contributed by atoms with van der Waals surface area (Å²) in [6.07, 6.45) is 1.70. The Morgan fingerprint density at radius 1 is 1.23 bits per heavy atom. The summed E-state index contributed by atoms with van der Waals surface area (Å²) in [5, 5.41) is 2.91. The smallest absolute Gasteiger partial charge is 0.410 e. The molecule has 2 amide bonds. The fraction of sp³-hybridized carbons (Fsp3) is 0.636. The molecule has 0 spiro atoms. The molecule has 0 bridgehead atoms. The van der Waals surface area contributed by atoms with Crippen molar-refractivity contribution < 1.29 is 23.8 Å². The highest BCUT2D eigenvalue weighted by molar-refractivity contribution is 5.93. The molecule has 1 saturated heterocycles. The molecule has 1 aromatic carbocycles. The highest BCUT2D eigenvalue weighted by Gasteiger charge is 2.26. The quantitative estimate of drug-likeness (QED) is 0.728. The van der Waals surface area contributed by atoms with Crippen molar-refractivity contribution in [2.75, 3.05) is 52.8 Å². The number of anilines is 1. The van der Waals surface area contributed by atoms with E-state index in [9.17, 15) is 9.59 Å². The normalized spacial score (nSPS) is 17.2. The molecule has 0 aliphatic carbocycles. The van der Waals surface area contributed by atoms with E-state index in [1.807, 2.05) is 20.8 Å². The van der Waals surface area contributed by atoms with E-state index in [4.69, 9.17) is 14.2 Å². The molecule has 8 nitrogen and oxygen atoms in total. The number of hydrogen-bond donors (Lipinski definition) is 1. The molecule has 1 aromatic rings. The third-order valence-corrected chi connectivity index (χ3v) is 4.89. The number of likely N-dealkylation sites (tertiary alicyclic amines) is 1. The van der Waals surface area contributed by atoms with Gasteiger partial charge in [0.15, 0.2) is 0 Å². The first-order valence-corrected chi connectivity index (χ1v) is 10.3. The van der Waals surface area contributed by atoms with Crippen LogP contribution in [0, 0.1) is 5.92 Å². The van der Waals surface area contributed by atoms with Gasteiger partial charge in [-0.2, -0.15) is 0 Å². The second-order valence-corrected chi connectivity index (χ2v) is 8.72. The van der Waals surface area contributed by atoms with Crippen LogP contribution in [-0.4, -0.2) is 74.8 Å². The van der Waals surface area contributed by atoms with E-state index in [2.05, 4.69) is 10.2 Å². The molecule has 1 aliphatic rings. The average Bonchev–Trinajstić information content (AvgIpc) is 2.67. The van der Waals surface area contributed by atoms with Gasteiger partial charge in [0.05, 0.1) is 26.5 Å². The van der Waals surface area contributed by atoms with E-state index < -0.39 is 5.60 Å². The Kier molecular flexibility index (Phi) is 8.34. The van der Waals surface area contributed by atoms with Crippen LogP contribution in [0.25, 0.3) is 0 Å². The first-order valence-electron chi connectivity index (χ1n) is 10.3. The molecule has 1 N–H and O–H groups in total. The molecule has 0 aromatic heterocycles.